The van der Waals surface area contributed by atoms with Crippen molar-refractivity contribution in [3.63, 3.8) is 0 Å². The normalized spacial score (nSPS) is 21.0. The van der Waals surface area contributed by atoms with Gasteiger partial charge in [-0.05, 0) is 45.4 Å². The largest absolute Gasteiger partial charge is 0.371 e. The van der Waals surface area contributed by atoms with Crippen LogP contribution in [0, 0.1) is 5.82 Å². The number of halogens is 1. The van der Waals surface area contributed by atoms with Crippen molar-refractivity contribution in [2.24, 2.45) is 4.99 Å². The number of aromatic nitrogens is 2. The zero-order valence-corrected chi connectivity index (χ0v) is 18.0. The van der Waals surface area contributed by atoms with Gasteiger partial charge in [0.05, 0.1) is 12.6 Å². The van der Waals surface area contributed by atoms with Gasteiger partial charge in [0.2, 0.25) is 5.89 Å². The maximum absolute atomic E-state index is 13.3. The maximum Gasteiger partial charge on any atom is 0.248 e. The fourth-order valence-electron chi connectivity index (χ4n) is 3.38. The minimum Gasteiger partial charge on any atom is -0.371 e. The van der Waals surface area contributed by atoms with Gasteiger partial charge in [-0.1, -0.05) is 17.3 Å². The van der Waals surface area contributed by atoms with Crippen molar-refractivity contribution in [3.8, 4) is 0 Å². The molecule has 0 aliphatic carbocycles. The number of benzene rings is 1. The van der Waals surface area contributed by atoms with Gasteiger partial charge in [-0.3, -0.25) is 0 Å². The van der Waals surface area contributed by atoms with E-state index in [0.29, 0.717) is 31.4 Å². The van der Waals surface area contributed by atoms with Crippen molar-refractivity contribution < 1.29 is 18.4 Å². The van der Waals surface area contributed by atoms with Crippen molar-refractivity contribution in [1.29, 1.82) is 0 Å². The number of rotatable bonds is 7. The highest BCUT2D eigenvalue weighted by Crippen LogP contribution is 2.25. The number of hydrogen-bond acceptors (Lipinski definition) is 6. The lowest BCUT2D eigenvalue weighted by atomic mass is 10.1. The molecule has 1 N–H and O–H groups in total. The quantitative estimate of drug-likeness (QED) is 0.545. The number of guanidine groups is 1. The summed E-state index contributed by atoms with van der Waals surface area (Å²) in [5.41, 5.74) is 0.940. The van der Waals surface area contributed by atoms with Gasteiger partial charge >= 0.3 is 0 Å². The third-order valence-corrected chi connectivity index (χ3v) is 4.76. The van der Waals surface area contributed by atoms with Crippen LogP contribution in [0.4, 0.5) is 4.39 Å². The van der Waals surface area contributed by atoms with Gasteiger partial charge in [-0.15, -0.1) is 0 Å². The van der Waals surface area contributed by atoms with E-state index in [9.17, 15) is 4.39 Å². The lowest BCUT2D eigenvalue weighted by molar-refractivity contribution is -0.0605. The lowest BCUT2D eigenvalue weighted by Gasteiger charge is -2.38. The van der Waals surface area contributed by atoms with Gasteiger partial charge < -0.3 is 24.2 Å². The van der Waals surface area contributed by atoms with Crippen LogP contribution in [0.2, 0.25) is 0 Å². The standard InChI is InChI=1S/C21H30FN5O3/c1-5-23-21(24-11-19-25-20(26-30-19)15(4)28-6-2)27-12-14(3)29-18(13-27)16-7-9-17(22)10-8-16/h7-10,14-15,18H,5-6,11-13H2,1-4H3,(H,23,24). The minimum atomic E-state index is -0.257. The molecule has 3 unspecified atom stereocenters. The van der Waals surface area contributed by atoms with Crippen LogP contribution in [-0.4, -0.2) is 53.3 Å². The Kier molecular flexibility index (Phi) is 7.75. The van der Waals surface area contributed by atoms with Crippen LogP contribution in [-0.2, 0) is 16.0 Å². The van der Waals surface area contributed by atoms with Gasteiger partial charge in [0.1, 0.15) is 24.6 Å². The first-order chi connectivity index (χ1) is 14.5. The van der Waals surface area contributed by atoms with Gasteiger partial charge in [0.15, 0.2) is 11.8 Å². The highest BCUT2D eigenvalue weighted by molar-refractivity contribution is 5.80. The molecule has 2 aromatic rings. The number of morpholine rings is 1. The van der Waals surface area contributed by atoms with Crippen LogP contribution >= 0.6 is 0 Å². The predicted molar refractivity (Wildman–Crippen MR) is 110 cm³/mol. The fourth-order valence-corrected chi connectivity index (χ4v) is 3.38. The smallest absolute Gasteiger partial charge is 0.248 e. The van der Waals surface area contributed by atoms with Crippen molar-refractivity contribution in [1.82, 2.24) is 20.4 Å². The summed E-state index contributed by atoms with van der Waals surface area (Å²) in [5.74, 6) is 1.44. The van der Waals surface area contributed by atoms with E-state index in [4.69, 9.17) is 14.0 Å². The van der Waals surface area contributed by atoms with E-state index in [0.717, 1.165) is 18.1 Å². The topological polar surface area (TPSA) is 85.0 Å². The maximum atomic E-state index is 13.3. The molecule has 8 nitrogen and oxygen atoms in total. The average Bonchev–Trinajstić information content (AvgIpc) is 3.20. The summed E-state index contributed by atoms with van der Waals surface area (Å²) in [5, 5.41) is 7.30. The monoisotopic (exact) mass is 419 g/mol. The van der Waals surface area contributed by atoms with Gasteiger partial charge in [0.25, 0.3) is 0 Å². The lowest BCUT2D eigenvalue weighted by Crippen LogP contribution is -2.50. The van der Waals surface area contributed by atoms with Gasteiger partial charge in [0, 0.05) is 19.7 Å². The van der Waals surface area contributed by atoms with Crippen LogP contribution in [0.25, 0.3) is 0 Å². The zero-order valence-electron chi connectivity index (χ0n) is 18.0. The molecule has 0 saturated carbocycles. The summed E-state index contributed by atoms with van der Waals surface area (Å²) >= 11 is 0. The van der Waals surface area contributed by atoms with E-state index in [2.05, 4.69) is 25.3 Å². The molecule has 1 aliphatic heterocycles. The molecule has 0 bridgehead atoms. The van der Waals surface area contributed by atoms with E-state index in [1.54, 1.807) is 12.1 Å². The molecule has 1 aromatic carbocycles. The molecule has 1 aromatic heterocycles. The van der Waals surface area contributed by atoms with Crippen LogP contribution in [0.5, 0.6) is 0 Å². The predicted octanol–water partition coefficient (Wildman–Crippen LogP) is 3.23. The average molecular weight is 420 g/mol. The van der Waals surface area contributed by atoms with Crippen molar-refractivity contribution in [3.05, 3.63) is 47.4 Å². The number of nitrogens with zero attached hydrogens (tertiary/aromatic N) is 4. The number of ether oxygens (including phenoxy) is 2. The summed E-state index contributed by atoms with van der Waals surface area (Å²) in [6.07, 6.45) is -0.388. The van der Waals surface area contributed by atoms with E-state index in [-0.39, 0.29) is 30.7 Å². The molecule has 3 rings (SSSR count). The van der Waals surface area contributed by atoms with E-state index >= 15 is 0 Å². The molecule has 1 fully saturated rings. The van der Waals surface area contributed by atoms with Gasteiger partial charge in [-0.25, -0.2) is 9.38 Å². The van der Waals surface area contributed by atoms with Crippen LogP contribution in [0.15, 0.2) is 33.8 Å². The molecular weight excluding hydrogens is 389 g/mol. The molecule has 2 heterocycles. The van der Waals surface area contributed by atoms with E-state index in [1.165, 1.54) is 12.1 Å². The SMILES string of the molecule is CCNC(=NCc1nc(C(C)OCC)no1)N1CC(C)OC(c2ccc(F)cc2)C1. The molecule has 9 heteroatoms. The second kappa shape index (κ2) is 10.5. The Morgan fingerprint density at radius 2 is 2.10 bits per heavy atom. The molecule has 1 aliphatic rings. The number of aliphatic imine (C=N–C) groups is 1. The molecule has 3 atom stereocenters. The van der Waals surface area contributed by atoms with Crippen LogP contribution in [0.3, 0.4) is 0 Å². The molecule has 30 heavy (non-hydrogen) atoms. The Bertz CT molecular complexity index is 826. The summed E-state index contributed by atoms with van der Waals surface area (Å²) < 4.78 is 30.2. The summed E-state index contributed by atoms with van der Waals surface area (Å²) in [6.45, 7) is 10.7. The number of nitrogens with one attached hydrogen (secondary N) is 1. The summed E-state index contributed by atoms with van der Waals surface area (Å²) in [6, 6.07) is 6.44. The Morgan fingerprint density at radius 3 is 2.80 bits per heavy atom. The first-order valence-corrected chi connectivity index (χ1v) is 10.4. The first-order valence-electron chi connectivity index (χ1n) is 10.4. The van der Waals surface area contributed by atoms with Crippen LogP contribution < -0.4 is 5.32 Å². The second-order valence-electron chi connectivity index (χ2n) is 7.21. The van der Waals surface area contributed by atoms with Crippen molar-refractivity contribution >= 4 is 5.96 Å². The summed E-state index contributed by atoms with van der Waals surface area (Å²) in [4.78, 5) is 11.2. The van der Waals surface area contributed by atoms with E-state index in [1.807, 2.05) is 27.7 Å². The zero-order chi connectivity index (χ0) is 21.5. The third-order valence-electron chi connectivity index (χ3n) is 4.76. The highest BCUT2D eigenvalue weighted by atomic mass is 19.1. The minimum absolute atomic E-state index is 0.000270. The molecule has 0 amide bonds. The van der Waals surface area contributed by atoms with Crippen molar-refractivity contribution in [2.45, 2.75) is 52.6 Å². The molecule has 164 valence electrons. The third kappa shape index (κ3) is 5.76. The van der Waals surface area contributed by atoms with Gasteiger partial charge in [-0.2, -0.15) is 4.98 Å². The fraction of sp³-hybridized carbons (Fsp3) is 0.571. The van der Waals surface area contributed by atoms with E-state index < -0.39 is 0 Å². The molecule has 1 saturated heterocycles. The second-order valence-corrected chi connectivity index (χ2v) is 7.21. The Morgan fingerprint density at radius 1 is 1.33 bits per heavy atom. The molecule has 0 radical (unpaired) electrons. The van der Waals surface area contributed by atoms with Crippen LogP contribution in [0.1, 0.15) is 57.2 Å². The van der Waals surface area contributed by atoms with Crippen molar-refractivity contribution in [2.75, 3.05) is 26.2 Å². The first kappa shape index (κ1) is 22.2. The molecule has 0 spiro atoms. The Balaban J connectivity index is 1.71. The number of hydrogen-bond donors (Lipinski definition) is 1. The molecular formula is C21H30FN5O3. The highest BCUT2D eigenvalue weighted by Gasteiger charge is 2.28. The Labute approximate surface area is 176 Å². The Hall–Kier alpha value is -2.52. The summed E-state index contributed by atoms with van der Waals surface area (Å²) in [7, 11) is 0.